The van der Waals surface area contributed by atoms with E-state index < -0.39 is 29.2 Å². The van der Waals surface area contributed by atoms with Crippen LogP contribution in [0.15, 0.2) is 12.1 Å². The monoisotopic (exact) mass is 232 g/mol. The Morgan fingerprint density at radius 3 is 2.62 bits per heavy atom. The Morgan fingerprint density at radius 2 is 2.00 bits per heavy atom. The minimum absolute atomic E-state index is 0.394. The van der Waals surface area contributed by atoms with E-state index in [0.717, 1.165) is 0 Å². The van der Waals surface area contributed by atoms with Crippen molar-refractivity contribution in [3.8, 4) is 0 Å². The Balaban J connectivity index is 2.77. The fourth-order valence-corrected chi connectivity index (χ4v) is 1.05. The molecule has 0 bridgehead atoms. The van der Waals surface area contributed by atoms with E-state index >= 15 is 0 Å². The van der Waals surface area contributed by atoms with Gasteiger partial charge in [-0.1, -0.05) is 6.92 Å². The Kier molecular flexibility index (Phi) is 4.16. The fourth-order valence-electron chi connectivity index (χ4n) is 1.05. The van der Waals surface area contributed by atoms with E-state index in [4.69, 9.17) is 0 Å². The zero-order valence-corrected chi connectivity index (χ0v) is 8.61. The molecule has 1 aromatic rings. The highest BCUT2D eigenvalue weighted by molar-refractivity contribution is 5.89. The molecule has 0 aromatic heterocycles. The molecular formula is C10H11F3N2O. The third kappa shape index (κ3) is 3.15. The summed E-state index contributed by atoms with van der Waals surface area (Å²) in [7, 11) is 0. The normalized spacial score (nSPS) is 10.0. The van der Waals surface area contributed by atoms with E-state index in [-0.39, 0.29) is 0 Å². The zero-order valence-electron chi connectivity index (χ0n) is 8.61. The lowest BCUT2D eigenvalue weighted by molar-refractivity contribution is 0.252. The molecule has 0 saturated heterocycles. The largest absolute Gasteiger partial charge is 0.338 e. The molecule has 0 spiro atoms. The fraction of sp³-hybridized carbons (Fsp3) is 0.300. The quantitative estimate of drug-likeness (QED) is 0.773. The Morgan fingerprint density at radius 1 is 1.31 bits per heavy atom. The molecule has 1 aromatic carbocycles. The highest BCUT2D eigenvalue weighted by Gasteiger charge is 2.12. The summed E-state index contributed by atoms with van der Waals surface area (Å²) in [6, 6.07) is 0.416. The summed E-state index contributed by atoms with van der Waals surface area (Å²) >= 11 is 0. The second-order valence-electron chi connectivity index (χ2n) is 3.13. The first-order valence-electron chi connectivity index (χ1n) is 4.74. The van der Waals surface area contributed by atoms with Crippen molar-refractivity contribution >= 4 is 11.7 Å². The number of carbonyl (C=O) groups excluding carboxylic acids is 1. The van der Waals surface area contributed by atoms with Gasteiger partial charge in [-0.3, -0.25) is 0 Å². The highest BCUT2D eigenvalue weighted by atomic mass is 19.2. The lowest BCUT2D eigenvalue weighted by Crippen LogP contribution is -2.29. The standard InChI is InChI=1S/C10H11F3N2O/c1-2-3-14-10(16)15-8-5-6(11)4-7(12)9(8)13/h4-5H,2-3H2,1H3,(H2,14,15,16). The third-order valence-corrected chi connectivity index (χ3v) is 1.78. The first-order chi connectivity index (χ1) is 7.54. The molecule has 88 valence electrons. The van der Waals surface area contributed by atoms with Crippen LogP contribution in [0.2, 0.25) is 0 Å². The molecule has 0 unspecified atom stereocenters. The van der Waals surface area contributed by atoms with Gasteiger partial charge in [0.05, 0.1) is 5.69 Å². The van der Waals surface area contributed by atoms with Gasteiger partial charge in [0.1, 0.15) is 5.82 Å². The predicted molar refractivity (Wildman–Crippen MR) is 53.6 cm³/mol. The van der Waals surface area contributed by atoms with Crippen molar-refractivity contribution in [1.29, 1.82) is 0 Å². The topological polar surface area (TPSA) is 41.1 Å². The van der Waals surface area contributed by atoms with E-state index in [0.29, 0.717) is 25.1 Å². The molecule has 0 saturated carbocycles. The zero-order chi connectivity index (χ0) is 12.1. The second kappa shape index (κ2) is 5.39. The number of halogens is 3. The molecule has 0 atom stereocenters. The van der Waals surface area contributed by atoms with Crippen LogP contribution >= 0.6 is 0 Å². The van der Waals surface area contributed by atoms with Gasteiger partial charge in [-0.05, 0) is 6.42 Å². The first kappa shape index (κ1) is 12.4. The van der Waals surface area contributed by atoms with Gasteiger partial charge in [0.2, 0.25) is 0 Å². The second-order valence-corrected chi connectivity index (χ2v) is 3.13. The summed E-state index contributed by atoms with van der Waals surface area (Å²) in [5.74, 6) is -3.58. The van der Waals surface area contributed by atoms with Gasteiger partial charge in [-0.25, -0.2) is 18.0 Å². The Hall–Kier alpha value is -1.72. The summed E-state index contributed by atoms with van der Waals surface area (Å²) < 4.78 is 38.6. The van der Waals surface area contributed by atoms with Gasteiger partial charge in [0.25, 0.3) is 0 Å². The molecule has 2 amide bonds. The maximum Gasteiger partial charge on any atom is 0.319 e. The summed E-state index contributed by atoms with van der Waals surface area (Å²) in [6.07, 6.45) is 0.702. The van der Waals surface area contributed by atoms with Crippen LogP contribution in [-0.4, -0.2) is 12.6 Å². The summed E-state index contributed by atoms with van der Waals surface area (Å²) in [6.45, 7) is 2.23. The van der Waals surface area contributed by atoms with Crippen LogP contribution in [0.4, 0.5) is 23.7 Å². The number of amides is 2. The number of hydrogen-bond donors (Lipinski definition) is 2. The van der Waals surface area contributed by atoms with Gasteiger partial charge in [0, 0.05) is 18.7 Å². The van der Waals surface area contributed by atoms with Gasteiger partial charge < -0.3 is 10.6 Å². The lowest BCUT2D eigenvalue weighted by atomic mass is 10.3. The smallest absolute Gasteiger partial charge is 0.319 e. The van der Waals surface area contributed by atoms with Gasteiger partial charge in [-0.15, -0.1) is 0 Å². The Labute approximate surface area is 90.6 Å². The Bertz CT molecular complexity index is 396. The van der Waals surface area contributed by atoms with Crippen molar-refractivity contribution < 1.29 is 18.0 Å². The summed E-state index contributed by atoms with van der Waals surface area (Å²) in [4.78, 5) is 11.1. The molecule has 0 radical (unpaired) electrons. The summed E-state index contributed by atoms with van der Waals surface area (Å²) in [5, 5.41) is 4.41. The molecule has 0 aliphatic carbocycles. The maximum absolute atomic E-state index is 13.1. The van der Waals surface area contributed by atoms with Gasteiger partial charge in [-0.2, -0.15) is 0 Å². The van der Waals surface area contributed by atoms with Crippen molar-refractivity contribution in [2.45, 2.75) is 13.3 Å². The number of anilines is 1. The molecule has 0 aliphatic rings. The van der Waals surface area contributed by atoms with Crippen LogP contribution in [-0.2, 0) is 0 Å². The van der Waals surface area contributed by atoms with Gasteiger partial charge in [0.15, 0.2) is 11.6 Å². The molecule has 16 heavy (non-hydrogen) atoms. The molecule has 6 heteroatoms. The minimum atomic E-state index is -1.34. The maximum atomic E-state index is 13.1. The minimum Gasteiger partial charge on any atom is -0.338 e. The van der Waals surface area contributed by atoms with E-state index in [9.17, 15) is 18.0 Å². The van der Waals surface area contributed by atoms with Crippen molar-refractivity contribution in [1.82, 2.24) is 5.32 Å². The molecule has 0 aliphatic heterocycles. The number of carbonyl (C=O) groups is 1. The van der Waals surface area contributed by atoms with E-state index in [2.05, 4.69) is 5.32 Å². The van der Waals surface area contributed by atoms with E-state index in [1.165, 1.54) is 0 Å². The molecule has 0 heterocycles. The highest BCUT2D eigenvalue weighted by Crippen LogP contribution is 2.18. The van der Waals surface area contributed by atoms with Crippen molar-refractivity contribution in [3.63, 3.8) is 0 Å². The van der Waals surface area contributed by atoms with Crippen LogP contribution in [0.25, 0.3) is 0 Å². The van der Waals surface area contributed by atoms with Crippen molar-refractivity contribution in [2.24, 2.45) is 0 Å². The van der Waals surface area contributed by atoms with Crippen LogP contribution in [0.1, 0.15) is 13.3 Å². The molecule has 1 rings (SSSR count). The average molecular weight is 232 g/mol. The van der Waals surface area contributed by atoms with Crippen molar-refractivity contribution in [3.05, 3.63) is 29.6 Å². The van der Waals surface area contributed by atoms with Crippen LogP contribution in [0.5, 0.6) is 0 Å². The first-order valence-corrected chi connectivity index (χ1v) is 4.74. The summed E-state index contributed by atoms with van der Waals surface area (Å²) in [5.41, 5.74) is -0.522. The third-order valence-electron chi connectivity index (χ3n) is 1.78. The van der Waals surface area contributed by atoms with E-state index in [1.54, 1.807) is 0 Å². The molecular weight excluding hydrogens is 221 g/mol. The molecule has 3 nitrogen and oxygen atoms in total. The van der Waals surface area contributed by atoms with Crippen LogP contribution in [0.3, 0.4) is 0 Å². The van der Waals surface area contributed by atoms with E-state index in [1.807, 2.05) is 12.2 Å². The number of nitrogens with one attached hydrogen (secondary N) is 2. The number of benzene rings is 1. The predicted octanol–water partition coefficient (Wildman–Crippen LogP) is 2.64. The SMILES string of the molecule is CCCNC(=O)Nc1cc(F)cc(F)c1F. The van der Waals surface area contributed by atoms with Crippen molar-refractivity contribution in [2.75, 3.05) is 11.9 Å². The average Bonchev–Trinajstić information content (AvgIpc) is 2.22. The lowest BCUT2D eigenvalue weighted by Gasteiger charge is -2.08. The van der Waals surface area contributed by atoms with Crippen LogP contribution in [0, 0.1) is 17.5 Å². The number of rotatable bonds is 3. The number of hydrogen-bond acceptors (Lipinski definition) is 1. The van der Waals surface area contributed by atoms with Gasteiger partial charge >= 0.3 is 6.03 Å². The molecule has 2 N–H and O–H groups in total. The molecule has 0 fully saturated rings. The van der Waals surface area contributed by atoms with Crippen LogP contribution < -0.4 is 10.6 Å². The number of urea groups is 1.